The van der Waals surface area contributed by atoms with Crippen LogP contribution in [-0.2, 0) is 4.79 Å². The van der Waals surface area contributed by atoms with Gasteiger partial charge in [-0.2, -0.15) is 0 Å². The SMILES string of the molecule is CCC(C)NCC(=O)Nc1cc(Br)ccc1Cl. The average Bonchev–Trinajstić information content (AvgIpc) is 2.30. The van der Waals surface area contributed by atoms with E-state index in [1.807, 2.05) is 13.0 Å². The Kier molecular flexibility index (Phi) is 5.95. The maximum atomic E-state index is 11.6. The Labute approximate surface area is 115 Å². The van der Waals surface area contributed by atoms with Crippen LogP contribution in [0.25, 0.3) is 0 Å². The van der Waals surface area contributed by atoms with Gasteiger partial charge in [0.05, 0.1) is 17.3 Å². The van der Waals surface area contributed by atoms with Gasteiger partial charge in [-0.1, -0.05) is 34.5 Å². The van der Waals surface area contributed by atoms with Gasteiger partial charge in [-0.15, -0.1) is 0 Å². The first-order chi connectivity index (χ1) is 8.02. The third-order valence-electron chi connectivity index (χ3n) is 2.43. The fourth-order valence-electron chi connectivity index (χ4n) is 1.20. The lowest BCUT2D eigenvalue weighted by Crippen LogP contribution is -2.34. The summed E-state index contributed by atoms with van der Waals surface area (Å²) in [5, 5.41) is 6.42. The van der Waals surface area contributed by atoms with Crippen molar-refractivity contribution in [2.24, 2.45) is 0 Å². The van der Waals surface area contributed by atoms with Crippen LogP contribution in [-0.4, -0.2) is 18.5 Å². The van der Waals surface area contributed by atoms with Gasteiger partial charge in [-0.3, -0.25) is 4.79 Å². The minimum absolute atomic E-state index is 0.0923. The molecule has 5 heteroatoms. The van der Waals surface area contributed by atoms with Crippen molar-refractivity contribution < 1.29 is 4.79 Å². The number of carbonyl (C=O) groups is 1. The summed E-state index contributed by atoms with van der Waals surface area (Å²) in [6.45, 7) is 4.40. The monoisotopic (exact) mass is 318 g/mol. The Bertz CT molecular complexity index is 398. The first kappa shape index (κ1) is 14.5. The number of nitrogens with one attached hydrogen (secondary N) is 2. The highest BCUT2D eigenvalue weighted by Crippen LogP contribution is 2.25. The lowest BCUT2D eigenvalue weighted by atomic mass is 10.2. The third kappa shape index (κ3) is 5.06. The standard InChI is InChI=1S/C12H16BrClN2O/c1-3-8(2)15-7-12(17)16-11-6-9(13)4-5-10(11)14/h4-6,8,15H,3,7H2,1-2H3,(H,16,17). The van der Waals surface area contributed by atoms with Gasteiger partial charge in [0.25, 0.3) is 0 Å². The highest BCUT2D eigenvalue weighted by atomic mass is 79.9. The molecule has 17 heavy (non-hydrogen) atoms. The van der Waals surface area contributed by atoms with Gasteiger partial charge < -0.3 is 10.6 Å². The second-order valence-corrected chi connectivity index (χ2v) is 5.19. The molecule has 1 aromatic carbocycles. The molecule has 3 nitrogen and oxygen atoms in total. The van der Waals surface area contributed by atoms with Crippen molar-refractivity contribution in [1.29, 1.82) is 0 Å². The molecule has 0 fully saturated rings. The molecule has 0 aromatic heterocycles. The van der Waals surface area contributed by atoms with Crippen LogP contribution in [0.3, 0.4) is 0 Å². The van der Waals surface area contributed by atoms with E-state index in [1.165, 1.54) is 0 Å². The Morgan fingerprint density at radius 2 is 2.24 bits per heavy atom. The third-order valence-corrected chi connectivity index (χ3v) is 3.25. The fraction of sp³-hybridized carbons (Fsp3) is 0.417. The van der Waals surface area contributed by atoms with Crippen LogP contribution in [0, 0.1) is 0 Å². The van der Waals surface area contributed by atoms with Crippen molar-refractivity contribution in [2.75, 3.05) is 11.9 Å². The topological polar surface area (TPSA) is 41.1 Å². The van der Waals surface area contributed by atoms with Gasteiger partial charge in [0, 0.05) is 10.5 Å². The van der Waals surface area contributed by atoms with Gasteiger partial charge in [-0.05, 0) is 31.5 Å². The van der Waals surface area contributed by atoms with E-state index >= 15 is 0 Å². The number of carbonyl (C=O) groups excluding carboxylic acids is 1. The van der Waals surface area contributed by atoms with Crippen molar-refractivity contribution >= 4 is 39.1 Å². The Balaban J connectivity index is 2.53. The van der Waals surface area contributed by atoms with E-state index in [1.54, 1.807) is 12.1 Å². The smallest absolute Gasteiger partial charge is 0.238 e. The number of halogens is 2. The molecule has 0 aliphatic heterocycles. The zero-order valence-corrected chi connectivity index (χ0v) is 12.2. The van der Waals surface area contributed by atoms with Gasteiger partial charge in [-0.25, -0.2) is 0 Å². The van der Waals surface area contributed by atoms with Crippen molar-refractivity contribution in [3.8, 4) is 0 Å². The maximum Gasteiger partial charge on any atom is 0.238 e. The van der Waals surface area contributed by atoms with E-state index < -0.39 is 0 Å². The highest BCUT2D eigenvalue weighted by Gasteiger charge is 2.07. The van der Waals surface area contributed by atoms with Gasteiger partial charge in [0.1, 0.15) is 0 Å². The van der Waals surface area contributed by atoms with Gasteiger partial charge >= 0.3 is 0 Å². The molecule has 0 radical (unpaired) electrons. The van der Waals surface area contributed by atoms with Crippen LogP contribution in [0.5, 0.6) is 0 Å². The normalized spacial score (nSPS) is 12.2. The first-order valence-electron chi connectivity index (χ1n) is 5.51. The number of anilines is 1. The predicted molar refractivity (Wildman–Crippen MR) is 75.5 cm³/mol. The number of rotatable bonds is 5. The van der Waals surface area contributed by atoms with E-state index in [0.717, 1.165) is 10.9 Å². The minimum atomic E-state index is -0.0923. The second kappa shape index (κ2) is 6.99. The lowest BCUT2D eigenvalue weighted by molar-refractivity contribution is -0.115. The van der Waals surface area contributed by atoms with Crippen molar-refractivity contribution in [3.05, 3.63) is 27.7 Å². The van der Waals surface area contributed by atoms with Crippen molar-refractivity contribution in [2.45, 2.75) is 26.3 Å². The van der Waals surface area contributed by atoms with Crippen molar-refractivity contribution in [1.82, 2.24) is 5.32 Å². The molecule has 2 N–H and O–H groups in total. The summed E-state index contributed by atoms with van der Waals surface area (Å²) in [5.41, 5.74) is 0.622. The molecular formula is C12H16BrClN2O. The van der Waals surface area contributed by atoms with Crippen LogP contribution >= 0.6 is 27.5 Å². The summed E-state index contributed by atoms with van der Waals surface area (Å²) in [4.78, 5) is 11.6. The molecule has 1 amide bonds. The molecule has 94 valence electrons. The summed E-state index contributed by atoms with van der Waals surface area (Å²) in [6, 6.07) is 5.68. The summed E-state index contributed by atoms with van der Waals surface area (Å²) in [6.07, 6.45) is 0.991. The lowest BCUT2D eigenvalue weighted by Gasteiger charge is -2.12. The van der Waals surface area contributed by atoms with E-state index in [0.29, 0.717) is 16.8 Å². The fourth-order valence-corrected chi connectivity index (χ4v) is 1.72. The number of hydrogen-bond acceptors (Lipinski definition) is 2. The van der Waals surface area contributed by atoms with Crippen molar-refractivity contribution in [3.63, 3.8) is 0 Å². The minimum Gasteiger partial charge on any atom is -0.324 e. The van der Waals surface area contributed by atoms with Gasteiger partial charge in [0.15, 0.2) is 0 Å². The molecule has 0 aliphatic carbocycles. The quantitative estimate of drug-likeness (QED) is 0.873. The van der Waals surface area contributed by atoms with Gasteiger partial charge in [0.2, 0.25) is 5.91 Å². The highest BCUT2D eigenvalue weighted by molar-refractivity contribution is 9.10. The van der Waals surface area contributed by atoms with E-state index in [9.17, 15) is 4.79 Å². The molecule has 0 saturated carbocycles. The molecule has 0 spiro atoms. The predicted octanol–water partition coefficient (Wildman–Crippen LogP) is 3.43. The zero-order chi connectivity index (χ0) is 12.8. The number of hydrogen-bond donors (Lipinski definition) is 2. The van der Waals surface area contributed by atoms with E-state index in [2.05, 4.69) is 33.5 Å². The van der Waals surface area contributed by atoms with Crippen LogP contribution in [0.1, 0.15) is 20.3 Å². The maximum absolute atomic E-state index is 11.6. The molecule has 1 atom stereocenters. The van der Waals surface area contributed by atoms with Crippen LogP contribution < -0.4 is 10.6 Å². The number of amides is 1. The summed E-state index contributed by atoms with van der Waals surface area (Å²) >= 11 is 9.31. The van der Waals surface area contributed by atoms with E-state index in [-0.39, 0.29) is 12.5 Å². The molecular weight excluding hydrogens is 304 g/mol. The Morgan fingerprint density at radius 3 is 2.88 bits per heavy atom. The average molecular weight is 320 g/mol. The Hall–Kier alpha value is -0.580. The van der Waals surface area contributed by atoms with E-state index in [4.69, 9.17) is 11.6 Å². The largest absolute Gasteiger partial charge is 0.324 e. The summed E-state index contributed by atoms with van der Waals surface area (Å²) in [5.74, 6) is -0.0923. The Morgan fingerprint density at radius 1 is 1.53 bits per heavy atom. The molecule has 1 unspecified atom stereocenters. The van der Waals surface area contributed by atoms with Crippen LogP contribution in [0.2, 0.25) is 5.02 Å². The molecule has 0 aliphatic rings. The molecule has 0 bridgehead atoms. The molecule has 0 heterocycles. The summed E-state index contributed by atoms with van der Waals surface area (Å²) in [7, 11) is 0. The van der Waals surface area contributed by atoms with Crippen LogP contribution in [0.4, 0.5) is 5.69 Å². The van der Waals surface area contributed by atoms with Crippen LogP contribution in [0.15, 0.2) is 22.7 Å². The summed E-state index contributed by atoms with van der Waals surface area (Å²) < 4.78 is 0.882. The molecule has 1 aromatic rings. The zero-order valence-electron chi connectivity index (χ0n) is 9.89. The molecule has 1 rings (SSSR count). The second-order valence-electron chi connectivity index (χ2n) is 3.86. The first-order valence-corrected chi connectivity index (χ1v) is 6.68. The number of benzene rings is 1. The molecule has 0 saturated heterocycles.